The van der Waals surface area contributed by atoms with Crippen molar-refractivity contribution in [3.63, 3.8) is 0 Å². The Hall–Kier alpha value is -3.17. The maximum Gasteiger partial charge on any atom is 0.434 e. The highest BCUT2D eigenvalue weighted by Gasteiger charge is 2.40. The van der Waals surface area contributed by atoms with Crippen LogP contribution in [0.2, 0.25) is 0 Å². The first kappa shape index (κ1) is 16.7. The van der Waals surface area contributed by atoms with E-state index in [-0.39, 0.29) is 12.4 Å². The highest BCUT2D eigenvalue weighted by molar-refractivity contribution is 5.95. The van der Waals surface area contributed by atoms with Crippen molar-refractivity contribution < 1.29 is 18.0 Å². The number of rotatable bonds is 4. The van der Waals surface area contributed by atoms with Crippen LogP contribution in [0.4, 0.5) is 13.2 Å². The van der Waals surface area contributed by atoms with E-state index in [0.717, 1.165) is 6.20 Å². The molecule has 0 atom stereocenters. The Bertz CT molecular complexity index is 884. The van der Waals surface area contributed by atoms with Gasteiger partial charge >= 0.3 is 6.18 Å². The van der Waals surface area contributed by atoms with Crippen molar-refractivity contribution in [2.75, 3.05) is 0 Å². The summed E-state index contributed by atoms with van der Waals surface area (Å²) < 4.78 is 42.6. The minimum atomic E-state index is -4.77. The van der Waals surface area contributed by atoms with Crippen LogP contribution in [-0.2, 0) is 19.8 Å². The quantitative estimate of drug-likeness (QED) is 0.780. The molecule has 1 amide bonds. The van der Waals surface area contributed by atoms with E-state index in [4.69, 9.17) is 0 Å². The molecule has 0 aliphatic carbocycles. The van der Waals surface area contributed by atoms with Gasteiger partial charge in [0.05, 0.1) is 24.0 Å². The van der Waals surface area contributed by atoms with Crippen molar-refractivity contribution >= 4 is 5.91 Å². The smallest absolute Gasteiger partial charge is 0.346 e. The Morgan fingerprint density at radius 3 is 2.60 bits per heavy atom. The number of hydrogen-bond donors (Lipinski definition) is 1. The van der Waals surface area contributed by atoms with Gasteiger partial charge in [0, 0.05) is 19.4 Å². The van der Waals surface area contributed by atoms with E-state index >= 15 is 0 Å². The number of pyridine rings is 1. The van der Waals surface area contributed by atoms with Gasteiger partial charge in [-0.3, -0.25) is 9.48 Å². The molecule has 3 rings (SSSR count). The number of halogens is 3. The zero-order chi connectivity index (χ0) is 18.0. The molecule has 0 spiro atoms. The summed E-state index contributed by atoms with van der Waals surface area (Å²) in [7, 11) is 1.67. The lowest BCUT2D eigenvalue weighted by Crippen LogP contribution is -2.27. The summed E-state index contributed by atoms with van der Waals surface area (Å²) in [4.78, 5) is 16.1. The number of amides is 1. The molecule has 0 bridgehead atoms. The van der Waals surface area contributed by atoms with Crippen LogP contribution in [0.5, 0.6) is 0 Å². The Morgan fingerprint density at radius 1 is 1.20 bits per heavy atom. The average molecular weight is 350 g/mol. The number of nitrogens with one attached hydrogen (secondary N) is 1. The first-order chi connectivity index (χ1) is 11.9. The van der Waals surface area contributed by atoms with Crippen LogP contribution in [0.3, 0.4) is 0 Å². The number of aromatic nitrogens is 5. The number of carbonyl (C=O) groups is 1. The molecule has 25 heavy (non-hydrogen) atoms. The molecule has 10 heteroatoms. The van der Waals surface area contributed by atoms with E-state index < -0.39 is 23.3 Å². The van der Waals surface area contributed by atoms with Gasteiger partial charge in [0.25, 0.3) is 5.91 Å². The van der Waals surface area contributed by atoms with Crippen molar-refractivity contribution in [3.8, 4) is 5.82 Å². The van der Waals surface area contributed by atoms with Gasteiger partial charge in [-0.05, 0) is 18.2 Å². The first-order valence-corrected chi connectivity index (χ1v) is 7.19. The molecular formula is C15H13F3N6O. The fraction of sp³-hybridized carbons (Fsp3) is 0.200. The van der Waals surface area contributed by atoms with Gasteiger partial charge in [-0.2, -0.15) is 23.4 Å². The molecule has 0 saturated heterocycles. The first-order valence-electron chi connectivity index (χ1n) is 7.19. The summed E-state index contributed by atoms with van der Waals surface area (Å²) >= 11 is 0. The van der Waals surface area contributed by atoms with E-state index in [1.54, 1.807) is 19.2 Å². The normalized spacial score (nSPS) is 11.5. The molecule has 3 heterocycles. The van der Waals surface area contributed by atoms with Crippen molar-refractivity contribution in [1.82, 2.24) is 29.9 Å². The van der Waals surface area contributed by atoms with Crippen LogP contribution in [0.15, 0.2) is 42.9 Å². The maximum atomic E-state index is 13.5. The molecule has 0 aromatic carbocycles. The highest BCUT2D eigenvalue weighted by Crippen LogP contribution is 2.33. The second-order valence-corrected chi connectivity index (χ2v) is 5.13. The van der Waals surface area contributed by atoms with E-state index in [2.05, 4.69) is 20.5 Å². The summed E-state index contributed by atoms with van der Waals surface area (Å²) in [6.45, 7) is 0.0431. The summed E-state index contributed by atoms with van der Waals surface area (Å²) in [6, 6.07) is 6.13. The molecule has 3 aromatic heterocycles. The molecular weight excluding hydrogens is 337 g/mol. The van der Waals surface area contributed by atoms with Crippen molar-refractivity contribution in [2.24, 2.45) is 7.05 Å². The molecule has 7 nitrogen and oxygen atoms in total. The molecule has 0 fully saturated rings. The van der Waals surface area contributed by atoms with Crippen LogP contribution >= 0.6 is 0 Å². The predicted molar refractivity (Wildman–Crippen MR) is 80.7 cm³/mol. The van der Waals surface area contributed by atoms with E-state index in [9.17, 15) is 18.0 Å². The van der Waals surface area contributed by atoms with E-state index in [0.29, 0.717) is 10.4 Å². The summed E-state index contributed by atoms with van der Waals surface area (Å²) in [5.41, 5.74) is -1.09. The average Bonchev–Trinajstić information content (AvgIpc) is 3.19. The van der Waals surface area contributed by atoms with Crippen LogP contribution in [0.1, 0.15) is 21.7 Å². The zero-order valence-corrected chi connectivity index (χ0v) is 13.0. The lowest BCUT2D eigenvalue weighted by molar-refractivity contribution is -0.143. The SMILES string of the molecule is Cn1nccc1CNC(=O)c1cnn(-c2ccccn2)c1C(F)(F)F. The van der Waals surface area contributed by atoms with Gasteiger partial charge in [0.15, 0.2) is 11.5 Å². The number of hydrogen-bond acceptors (Lipinski definition) is 4. The largest absolute Gasteiger partial charge is 0.434 e. The van der Waals surface area contributed by atoms with Gasteiger partial charge < -0.3 is 5.32 Å². The van der Waals surface area contributed by atoms with Crippen LogP contribution < -0.4 is 5.32 Å². The predicted octanol–water partition coefficient (Wildman–Crippen LogP) is 1.95. The molecule has 0 aliphatic rings. The van der Waals surface area contributed by atoms with Gasteiger partial charge in [-0.15, -0.1) is 0 Å². The highest BCUT2D eigenvalue weighted by atomic mass is 19.4. The van der Waals surface area contributed by atoms with Crippen LogP contribution in [0, 0.1) is 0 Å². The topological polar surface area (TPSA) is 77.6 Å². The van der Waals surface area contributed by atoms with Crippen molar-refractivity contribution in [3.05, 3.63) is 59.8 Å². The Labute approximate surface area is 140 Å². The molecule has 0 saturated carbocycles. The molecule has 0 unspecified atom stereocenters. The fourth-order valence-corrected chi connectivity index (χ4v) is 2.28. The third-order valence-electron chi connectivity index (χ3n) is 3.50. The third kappa shape index (κ3) is 3.37. The molecule has 1 N–H and O–H groups in total. The molecule has 130 valence electrons. The molecule has 0 radical (unpaired) electrons. The fourth-order valence-electron chi connectivity index (χ4n) is 2.28. The minimum Gasteiger partial charge on any atom is -0.346 e. The Balaban J connectivity index is 1.92. The monoisotopic (exact) mass is 350 g/mol. The van der Waals surface area contributed by atoms with Gasteiger partial charge in [0.2, 0.25) is 0 Å². The summed E-state index contributed by atoms with van der Waals surface area (Å²) in [5.74, 6) is -0.906. The van der Waals surface area contributed by atoms with Gasteiger partial charge in [-0.25, -0.2) is 9.67 Å². The number of aryl methyl sites for hydroxylation is 1. The lowest BCUT2D eigenvalue weighted by Gasteiger charge is -2.12. The maximum absolute atomic E-state index is 13.5. The lowest BCUT2D eigenvalue weighted by atomic mass is 10.2. The van der Waals surface area contributed by atoms with Gasteiger partial charge in [-0.1, -0.05) is 6.07 Å². The van der Waals surface area contributed by atoms with E-state index in [1.165, 1.54) is 29.2 Å². The summed E-state index contributed by atoms with van der Waals surface area (Å²) in [5, 5.41) is 10.1. The standard InChI is InChI=1S/C15H13F3N6O/c1-23-10(5-7-21-23)8-20-14(25)11-9-22-24(13(11)15(16,17)18)12-4-2-3-6-19-12/h2-7,9H,8H2,1H3,(H,20,25). The van der Waals surface area contributed by atoms with Crippen LogP contribution in [-0.4, -0.2) is 30.5 Å². The minimum absolute atomic E-state index is 0.0273. The number of carbonyl (C=O) groups excluding carboxylic acids is 1. The van der Waals surface area contributed by atoms with Gasteiger partial charge in [0.1, 0.15) is 0 Å². The Morgan fingerprint density at radius 2 is 2.00 bits per heavy atom. The van der Waals surface area contributed by atoms with Crippen LogP contribution in [0.25, 0.3) is 5.82 Å². The Kier molecular flexibility index (Phi) is 4.26. The van der Waals surface area contributed by atoms with Crippen molar-refractivity contribution in [2.45, 2.75) is 12.7 Å². The van der Waals surface area contributed by atoms with Crippen molar-refractivity contribution in [1.29, 1.82) is 0 Å². The summed E-state index contributed by atoms with van der Waals surface area (Å²) in [6.07, 6.45) is -1.01. The number of nitrogens with zero attached hydrogens (tertiary/aromatic N) is 5. The second-order valence-electron chi connectivity index (χ2n) is 5.13. The molecule has 3 aromatic rings. The van der Waals surface area contributed by atoms with E-state index in [1.807, 2.05) is 0 Å². The third-order valence-corrected chi connectivity index (χ3v) is 3.50. The second kappa shape index (κ2) is 6.38. The number of alkyl halides is 3. The molecule has 0 aliphatic heterocycles. The zero-order valence-electron chi connectivity index (χ0n) is 13.0.